The second kappa shape index (κ2) is 7.23. The van der Waals surface area contributed by atoms with E-state index in [1.54, 1.807) is 11.3 Å². The summed E-state index contributed by atoms with van der Waals surface area (Å²) >= 11 is 5.24. The zero-order chi connectivity index (χ0) is 14.5. The fraction of sp³-hybridized carbons (Fsp3) is 0.438. The third kappa shape index (κ3) is 4.06. The van der Waals surface area contributed by atoms with Gasteiger partial charge in [-0.15, -0.1) is 11.3 Å². The molecule has 4 heteroatoms. The third-order valence-corrected chi connectivity index (χ3v) is 4.48. The van der Waals surface area contributed by atoms with Crippen LogP contribution in [-0.2, 0) is 13.0 Å². The molecule has 1 aromatic heterocycles. The Balaban J connectivity index is 2.06. The molecule has 0 spiro atoms. The van der Waals surface area contributed by atoms with Crippen molar-refractivity contribution in [2.24, 2.45) is 0 Å². The smallest absolute Gasteiger partial charge is 0.131 e. The van der Waals surface area contributed by atoms with Crippen molar-refractivity contribution >= 4 is 27.3 Å². The van der Waals surface area contributed by atoms with Crippen LogP contribution in [0.2, 0.25) is 0 Å². The van der Waals surface area contributed by atoms with Crippen LogP contribution in [0.1, 0.15) is 49.4 Å². The topological polar surface area (TPSA) is 22.1 Å². The van der Waals surface area contributed by atoms with Crippen molar-refractivity contribution in [1.29, 1.82) is 0 Å². The summed E-state index contributed by atoms with van der Waals surface area (Å²) in [4.78, 5) is 4.59. The summed E-state index contributed by atoms with van der Waals surface area (Å²) in [6.45, 7) is 7.07. The Kier molecular flexibility index (Phi) is 5.61. The summed E-state index contributed by atoms with van der Waals surface area (Å²) in [6.07, 6.45) is 2.19. The molecular formula is C16H20BrNOS. The maximum Gasteiger partial charge on any atom is 0.131 e. The molecule has 1 aromatic carbocycles. The van der Waals surface area contributed by atoms with Gasteiger partial charge in [-0.1, -0.05) is 36.7 Å². The van der Waals surface area contributed by atoms with Crippen molar-refractivity contribution in [3.8, 4) is 5.75 Å². The largest absolute Gasteiger partial charge is 0.487 e. The SMILES string of the molecule is CCCc1nc(COc2ccc(Br)cc2C(C)C)cs1. The first-order valence-electron chi connectivity index (χ1n) is 6.95. The van der Waals surface area contributed by atoms with E-state index in [1.165, 1.54) is 10.6 Å². The number of rotatable bonds is 6. The summed E-state index contributed by atoms with van der Waals surface area (Å²) < 4.78 is 7.04. The van der Waals surface area contributed by atoms with Crippen molar-refractivity contribution in [3.05, 3.63) is 44.3 Å². The predicted octanol–water partition coefficient (Wildman–Crippen LogP) is 5.56. The molecule has 0 fully saturated rings. The maximum absolute atomic E-state index is 5.95. The van der Waals surface area contributed by atoms with Crippen molar-refractivity contribution < 1.29 is 4.74 Å². The molecule has 0 radical (unpaired) electrons. The van der Waals surface area contributed by atoms with Gasteiger partial charge >= 0.3 is 0 Å². The molecule has 2 aromatic rings. The lowest BCUT2D eigenvalue weighted by Gasteiger charge is -2.13. The van der Waals surface area contributed by atoms with Gasteiger partial charge in [-0.05, 0) is 42.5 Å². The molecule has 0 unspecified atom stereocenters. The lowest BCUT2D eigenvalue weighted by Crippen LogP contribution is -2.00. The second-order valence-electron chi connectivity index (χ2n) is 5.11. The first-order chi connectivity index (χ1) is 9.60. The zero-order valence-electron chi connectivity index (χ0n) is 12.1. The maximum atomic E-state index is 5.95. The lowest BCUT2D eigenvalue weighted by atomic mass is 10.0. The fourth-order valence-electron chi connectivity index (χ4n) is 2.00. The van der Waals surface area contributed by atoms with E-state index in [0.29, 0.717) is 12.5 Å². The average Bonchev–Trinajstić information content (AvgIpc) is 2.85. The molecule has 0 N–H and O–H groups in total. The molecule has 0 bridgehead atoms. The quantitative estimate of drug-likeness (QED) is 0.677. The predicted molar refractivity (Wildman–Crippen MR) is 88.7 cm³/mol. The van der Waals surface area contributed by atoms with E-state index in [0.717, 1.165) is 28.8 Å². The molecular weight excluding hydrogens is 334 g/mol. The Bertz CT molecular complexity index is 565. The Labute approximate surface area is 133 Å². The van der Waals surface area contributed by atoms with Crippen LogP contribution < -0.4 is 4.74 Å². The molecule has 108 valence electrons. The van der Waals surface area contributed by atoms with Gasteiger partial charge in [0.15, 0.2) is 0 Å². The van der Waals surface area contributed by atoms with Crippen LogP contribution in [0.3, 0.4) is 0 Å². The zero-order valence-corrected chi connectivity index (χ0v) is 14.6. The molecule has 2 nitrogen and oxygen atoms in total. The van der Waals surface area contributed by atoms with E-state index in [-0.39, 0.29) is 0 Å². The van der Waals surface area contributed by atoms with Crippen LogP contribution in [0.4, 0.5) is 0 Å². The highest BCUT2D eigenvalue weighted by molar-refractivity contribution is 9.10. The van der Waals surface area contributed by atoms with Crippen LogP contribution in [0.15, 0.2) is 28.1 Å². The Morgan fingerprint density at radius 3 is 2.85 bits per heavy atom. The first kappa shape index (κ1) is 15.5. The molecule has 0 aliphatic carbocycles. The molecule has 0 saturated heterocycles. The van der Waals surface area contributed by atoms with E-state index in [4.69, 9.17) is 4.74 Å². The van der Waals surface area contributed by atoms with E-state index in [1.807, 2.05) is 12.1 Å². The number of ether oxygens (including phenoxy) is 1. The minimum absolute atomic E-state index is 0.439. The van der Waals surface area contributed by atoms with Crippen LogP contribution in [-0.4, -0.2) is 4.98 Å². The van der Waals surface area contributed by atoms with Gasteiger partial charge in [0.25, 0.3) is 0 Å². The van der Waals surface area contributed by atoms with Crippen molar-refractivity contribution in [2.75, 3.05) is 0 Å². The van der Waals surface area contributed by atoms with Crippen LogP contribution in [0.25, 0.3) is 0 Å². The van der Waals surface area contributed by atoms with Gasteiger partial charge in [-0.25, -0.2) is 4.98 Å². The summed E-state index contributed by atoms with van der Waals surface area (Å²) in [5.74, 6) is 1.39. The second-order valence-corrected chi connectivity index (χ2v) is 6.97. The van der Waals surface area contributed by atoms with Crippen molar-refractivity contribution in [1.82, 2.24) is 4.98 Å². The van der Waals surface area contributed by atoms with Crippen molar-refractivity contribution in [3.63, 3.8) is 0 Å². The fourth-order valence-corrected chi connectivity index (χ4v) is 3.26. The van der Waals surface area contributed by atoms with Crippen molar-refractivity contribution in [2.45, 2.75) is 46.1 Å². The Hall–Kier alpha value is -0.870. The van der Waals surface area contributed by atoms with E-state index < -0.39 is 0 Å². The van der Waals surface area contributed by atoms with Crippen LogP contribution >= 0.6 is 27.3 Å². The normalized spacial score (nSPS) is 11.1. The van der Waals surface area contributed by atoms with Gasteiger partial charge in [0.2, 0.25) is 0 Å². The lowest BCUT2D eigenvalue weighted by molar-refractivity contribution is 0.297. The summed E-state index contributed by atoms with van der Waals surface area (Å²) in [7, 11) is 0. The number of hydrogen-bond donors (Lipinski definition) is 0. The Morgan fingerprint density at radius 2 is 2.15 bits per heavy atom. The Morgan fingerprint density at radius 1 is 1.35 bits per heavy atom. The van der Waals surface area contributed by atoms with Crippen LogP contribution in [0.5, 0.6) is 5.75 Å². The number of benzene rings is 1. The highest BCUT2D eigenvalue weighted by atomic mass is 79.9. The highest BCUT2D eigenvalue weighted by Gasteiger charge is 2.10. The average molecular weight is 354 g/mol. The summed E-state index contributed by atoms with van der Waals surface area (Å²) in [5.41, 5.74) is 2.25. The number of halogens is 1. The number of hydrogen-bond acceptors (Lipinski definition) is 3. The van der Waals surface area contributed by atoms with E-state index >= 15 is 0 Å². The summed E-state index contributed by atoms with van der Waals surface area (Å²) in [6, 6.07) is 6.17. The minimum Gasteiger partial charge on any atom is -0.487 e. The molecule has 0 aliphatic heterocycles. The first-order valence-corrected chi connectivity index (χ1v) is 8.63. The van der Waals surface area contributed by atoms with Gasteiger partial charge in [0.1, 0.15) is 12.4 Å². The minimum atomic E-state index is 0.439. The monoisotopic (exact) mass is 353 g/mol. The molecule has 1 heterocycles. The van der Waals surface area contributed by atoms with Gasteiger partial charge in [-0.3, -0.25) is 0 Å². The van der Waals surface area contributed by atoms with E-state index in [9.17, 15) is 0 Å². The molecule has 0 amide bonds. The van der Waals surface area contributed by atoms with Gasteiger partial charge in [0.05, 0.1) is 10.7 Å². The third-order valence-electron chi connectivity index (χ3n) is 3.03. The van der Waals surface area contributed by atoms with E-state index in [2.05, 4.69) is 53.1 Å². The standard InChI is InChI=1S/C16H20BrNOS/c1-4-5-16-18-13(10-20-16)9-19-15-7-6-12(17)8-14(15)11(2)3/h6-8,10-11H,4-5,9H2,1-3H3. The van der Waals surface area contributed by atoms with Gasteiger partial charge < -0.3 is 4.74 Å². The summed E-state index contributed by atoms with van der Waals surface area (Å²) in [5, 5.41) is 3.30. The molecule has 0 aliphatic rings. The number of nitrogens with zero attached hydrogens (tertiary/aromatic N) is 1. The molecule has 0 atom stereocenters. The van der Waals surface area contributed by atoms with Gasteiger partial charge in [-0.2, -0.15) is 0 Å². The molecule has 0 saturated carbocycles. The van der Waals surface area contributed by atoms with Crippen LogP contribution in [0, 0.1) is 0 Å². The highest BCUT2D eigenvalue weighted by Crippen LogP contribution is 2.30. The number of thiazole rings is 1. The number of aryl methyl sites for hydroxylation is 1. The number of aromatic nitrogens is 1. The molecule has 2 rings (SSSR count). The molecule has 20 heavy (non-hydrogen) atoms. The van der Waals surface area contributed by atoms with Gasteiger partial charge in [0, 0.05) is 9.85 Å².